The van der Waals surface area contributed by atoms with Gasteiger partial charge < -0.3 is 59.8 Å². The van der Waals surface area contributed by atoms with Crippen LogP contribution in [-0.4, -0.2) is 134 Å². The first-order valence-electron chi connectivity index (χ1n) is 11.9. The third-order valence-corrected chi connectivity index (χ3v) is 6.87. The van der Waals surface area contributed by atoms with E-state index in [-0.39, 0.29) is 12.6 Å². The normalized spacial score (nSPS) is 40.0. The SMILES string of the molecule is COC(=O)CCCCCCCCO[C@H]1O[C@H](CO)[C@@H](O)[C@@](O)([C@@]2(O)CO[C@H](CO)[C@@H](O)[C@@H]2O)[C@@H]1O. The van der Waals surface area contributed by atoms with E-state index in [2.05, 4.69) is 4.74 Å². The first-order valence-corrected chi connectivity index (χ1v) is 11.9. The molecule has 0 spiro atoms. The predicted octanol–water partition coefficient (Wildman–Crippen LogP) is -3.08. The molecule has 0 saturated carbocycles. The van der Waals surface area contributed by atoms with Crippen LogP contribution in [0.5, 0.6) is 0 Å². The van der Waals surface area contributed by atoms with Gasteiger partial charge in [0.1, 0.15) is 36.6 Å². The second-order valence-corrected chi connectivity index (χ2v) is 9.15. The Bertz CT molecular complexity index is 651. The molecule has 0 aliphatic carbocycles. The van der Waals surface area contributed by atoms with Crippen molar-refractivity contribution in [2.75, 3.05) is 33.5 Å². The number of ether oxygens (including phenoxy) is 4. The molecule has 0 bridgehead atoms. The molecule has 2 fully saturated rings. The molecule has 0 radical (unpaired) electrons. The van der Waals surface area contributed by atoms with E-state index in [0.717, 1.165) is 32.1 Å². The zero-order valence-corrected chi connectivity index (χ0v) is 19.9. The molecule has 2 saturated heterocycles. The molecule has 0 aromatic heterocycles. The van der Waals surface area contributed by atoms with E-state index in [9.17, 15) is 45.6 Å². The topological polar surface area (TPSA) is 216 Å². The van der Waals surface area contributed by atoms with Crippen molar-refractivity contribution in [2.24, 2.45) is 0 Å². The number of esters is 1. The van der Waals surface area contributed by atoms with Crippen molar-refractivity contribution in [3.8, 4) is 0 Å². The van der Waals surface area contributed by atoms with E-state index in [1.807, 2.05) is 0 Å². The highest BCUT2D eigenvalue weighted by Crippen LogP contribution is 2.43. The van der Waals surface area contributed by atoms with Gasteiger partial charge >= 0.3 is 5.97 Å². The fraction of sp³-hybridized carbons (Fsp3) is 0.955. The molecule has 35 heavy (non-hydrogen) atoms. The summed E-state index contributed by atoms with van der Waals surface area (Å²) in [5.74, 6) is -0.240. The number of methoxy groups -OCH3 is 1. The van der Waals surface area contributed by atoms with Crippen LogP contribution in [0.2, 0.25) is 0 Å². The monoisotopic (exact) mass is 512 g/mol. The molecule has 13 heteroatoms. The van der Waals surface area contributed by atoms with Crippen LogP contribution in [0.1, 0.15) is 44.9 Å². The second-order valence-electron chi connectivity index (χ2n) is 9.15. The lowest BCUT2D eigenvalue weighted by molar-refractivity contribution is -0.393. The van der Waals surface area contributed by atoms with Crippen molar-refractivity contribution in [3.63, 3.8) is 0 Å². The Morgan fingerprint density at radius 2 is 1.49 bits per heavy atom. The van der Waals surface area contributed by atoms with Crippen LogP contribution < -0.4 is 0 Å². The van der Waals surface area contributed by atoms with Gasteiger partial charge in [-0.05, 0) is 12.8 Å². The molecular formula is C22H40O13. The highest BCUT2D eigenvalue weighted by molar-refractivity contribution is 5.68. The van der Waals surface area contributed by atoms with Crippen LogP contribution >= 0.6 is 0 Å². The minimum absolute atomic E-state index is 0.0842. The summed E-state index contributed by atoms with van der Waals surface area (Å²) in [5.41, 5.74) is -5.72. The summed E-state index contributed by atoms with van der Waals surface area (Å²) in [4.78, 5) is 11.1. The molecule has 0 amide bonds. The van der Waals surface area contributed by atoms with Gasteiger partial charge in [-0.15, -0.1) is 0 Å². The summed E-state index contributed by atoms with van der Waals surface area (Å²) < 4.78 is 20.6. The van der Waals surface area contributed by atoms with E-state index in [0.29, 0.717) is 12.8 Å². The van der Waals surface area contributed by atoms with Crippen LogP contribution in [0.25, 0.3) is 0 Å². The van der Waals surface area contributed by atoms with Gasteiger partial charge in [-0.3, -0.25) is 4.79 Å². The van der Waals surface area contributed by atoms with Crippen molar-refractivity contribution < 1.29 is 64.6 Å². The Labute approximate surface area is 203 Å². The molecule has 2 heterocycles. The van der Waals surface area contributed by atoms with Crippen LogP contribution in [0.15, 0.2) is 0 Å². The Kier molecular flexibility index (Phi) is 11.7. The van der Waals surface area contributed by atoms with Gasteiger partial charge in [-0.1, -0.05) is 25.7 Å². The maximum absolute atomic E-state index is 11.3. The van der Waals surface area contributed by atoms with Crippen molar-refractivity contribution in [2.45, 2.75) is 99.1 Å². The van der Waals surface area contributed by atoms with Crippen molar-refractivity contribution in [3.05, 3.63) is 0 Å². The Hall–Kier alpha value is -0.970. The fourth-order valence-electron chi connectivity index (χ4n) is 4.57. The largest absolute Gasteiger partial charge is 0.469 e. The summed E-state index contributed by atoms with van der Waals surface area (Å²) in [6, 6.07) is 0. The van der Waals surface area contributed by atoms with Crippen LogP contribution in [0.4, 0.5) is 0 Å². The number of carbonyl (C=O) groups is 1. The molecule has 2 aliphatic heterocycles. The minimum Gasteiger partial charge on any atom is -0.469 e. The van der Waals surface area contributed by atoms with Gasteiger partial charge in [0, 0.05) is 13.0 Å². The van der Waals surface area contributed by atoms with Gasteiger partial charge in [-0.2, -0.15) is 0 Å². The van der Waals surface area contributed by atoms with E-state index >= 15 is 0 Å². The number of carbonyl (C=O) groups excluding carboxylic acids is 1. The average Bonchev–Trinajstić information content (AvgIpc) is 2.85. The van der Waals surface area contributed by atoms with Gasteiger partial charge in [0.15, 0.2) is 17.5 Å². The van der Waals surface area contributed by atoms with Gasteiger partial charge in [0.25, 0.3) is 0 Å². The van der Waals surface area contributed by atoms with Crippen LogP contribution in [-0.2, 0) is 23.7 Å². The molecule has 0 unspecified atom stereocenters. The van der Waals surface area contributed by atoms with E-state index in [1.165, 1.54) is 7.11 Å². The zero-order chi connectivity index (χ0) is 26.2. The lowest BCUT2D eigenvalue weighted by atomic mass is 9.66. The zero-order valence-electron chi connectivity index (χ0n) is 19.9. The lowest BCUT2D eigenvalue weighted by Crippen LogP contribution is -2.82. The molecular weight excluding hydrogens is 472 g/mol. The molecule has 2 aliphatic rings. The molecule has 2 rings (SSSR count). The average molecular weight is 513 g/mol. The number of unbranched alkanes of at least 4 members (excludes halogenated alkanes) is 5. The standard InChI is InChI=1S/C22H40O13/c1-32-15(25)8-6-4-2-3-5-7-9-33-20-19(29)22(31,17(27)14(11-24)35-20)21(30)12-34-13(10-23)16(26)18(21)28/h13-14,16-20,23-24,26-31H,2-12H2,1H3/t13-,14-,16-,17-,18+,19-,20+,21-,22+/m1/s1. The third-order valence-electron chi connectivity index (χ3n) is 6.87. The molecule has 0 aromatic carbocycles. The first-order chi connectivity index (χ1) is 16.6. The Morgan fingerprint density at radius 1 is 0.886 bits per heavy atom. The predicted molar refractivity (Wildman–Crippen MR) is 117 cm³/mol. The summed E-state index contributed by atoms with van der Waals surface area (Å²) in [7, 11) is 1.35. The first kappa shape index (κ1) is 30.3. The number of aliphatic hydroxyl groups excluding tert-OH is 6. The number of hydrogen-bond donors (Lipinski definition) is 8. The fourth-order valence-corrected chi connectivity index (χ4v) is 4.57. The molecule has 13 nitrogen and oxygen atoms in total. The smallest absolute Gasteiger partial charge is 0.305 e. The van der Waals surface area contributed by atoms with E-state index in [4.69, 9.17) is 14.2 Å². The summed E-state index contributed by atoms with van der Waals surface area (Å²) in [6.07, 6.45) is -7.41. The number of hydrogen-bond acceptors (Lipinski definition) is 13. The third kappa shape index (κ3) is 6.48. The highest BCUT2D eigenvalue weighted by atomic mass is 16.7. The maximum Gasteiger partial charge on any atom is 0.305 e. The van der Waals surface area contributed by atoms with Crippen molar-refractivity contribution in [1.82, 2.24) is 0 Å². The van der Waals surface area contributed by atoms with Gasteiger partial charge in [0.2, 0.25) is 0 Å². The molecule has 9 atom stereocenters. The summed E-state index contributed by atoms with van der Waals surface area (Å²) in [6.45, 7) is -2.25. The van der Waals surface area contributed by atoms with E-state index < -0.39 is 73.9 Å². The van der Waals surface area contributed by atoms with Crippen molar-refractivity contribution in [1.29, 1.82) is 0 Å². The summed E-state index contributed by atoms with van der Waals surface area (Å²) >= 11 is 0. The molecule has 0 aromatic rings. The Balaban J connectivity index is 1.95. The van der Waals surface area contributed by atoms with Gasteiger partial charge in [0.05, 0.1) is 26.9 Å². The summed E-state index contributed by atoms with van der Waals surface area (Å²) in [5, 5.41) is 83.5. The van der Waals surface area contributed by atoms with E-state index in [1.54, 1.807) is 0 Å². The Morgan fingerprint density at radius 3 is 2.09 bits per heavy atom. The lowest BCUT2D eigenvalue weighted by Gasteiger charge is -2.57. The van der Waals surface area contributed by atoms with Crippen LogP contribution in [0.3, 0.4) is 0 Å². The minimum atomic E-state index is -2.93. The maximum atomic E-state index is 11.3. The highest BCUT2D eigenvalue weighted by Gasteiger charge is 2.70. The second kappa shape index (κ2) is 13.5. The van der Waals surface area contributed by atoms with Gasteiger partial charge in [-0.25, -0.2) is 0 Å². The van der Waals surface area contributed by atoms with Crippen LogP contribution in [0, 0.1) is 0 Å². The molecule has 8 N–H and O–H groups in total. The van der Waals surface area contributed by atoms with Crippen molar-refractivity contribution >= 4 is 5.97 Å². The molecule has 206 valence electrons. The number of rotatable bonds is 13. The quantitative estimate of drug-likeness (QED) is 0.0908. The number of aliphatic hydroxyl groups is 8.